The maximum atomic E-state index is 4.18. The molecule has 2 aromatic heterocycles. The van der Waals surface area contributed by atoms with Gasteiger partial charge in [-0.3, -0.25) is 0 Å². The molecule has 2 heterocycles. The van der Waals surface area contributed by atoms with Gasteiger partial charge in [-0.2, -0.15) is 0 Å². The highest BCUT2D eigenvalue weighted by Crippen LogP contribution is 1.96. The predicted octanol–water partition coefficient (Wildman–Crippen LogP) is 1.46. The molecule has 0 aliphatic carbocycles. The number of aryl methyl sites for hydroxylation is 1. The Balaban J connectivity index is 1.56. The highest BCUT2D eigenvalue weighted by atomic mass is 14.9. The molecule has 0 aliphatic heterocycles. The highest BCUT2D eigenvalue weighted by Gasteiger charge is 1.95. The lowest BCUT2D eigenvalue weighted by Gasteiger charge is -2.01. The fourth-order valence-corrected chi connectivity index (χ4v) is 1.52. The minimum atomic E-state index is 0.932. The van der Waals surface area contributed by atoms with Crippen LogP contribution >= 0.6 is 0 Å². The predicted molar refractivity (Wildman–Crippen MR) is 59.4 cm³/mol. The molecule has 0 atom stereocenters. The van der Waals surface area contributed by atoms with Gasteiger partial charge in [0.1, 0.15) is 5.82 Å². The van der Waals surface area contributed by atoms with Gasteiger partial charge in [-0.15, -0.1) is 0 Å². The van der Waals surface area contributed by atoms with Crippen molar-refractivity contribution in [3.8, 4) is 0 Å². The first-order valence-electron chi connectivity index (χ1n) is 5.26. The van der Waals surface area contributed by atoms with Gasteiger partial charge in [0.15, 0.2) is 0 Å². The third-order valence-corrected chi connectivity index (χ3v) is 2.31. The lowest BCUT2D eigenvalue weighted by molar-refractivity contribution is 0.641. The van der Waals surface area contributed by atoms with Gasteiger partial charge in [0.05, 0.1) is 0 Å². The third kappa shape index (κ3) is 3.25. The van der Waals surface area contributed by atoms with E-state index in [1.54, 1.807) is 6.20 Å². The number of nitrogens with zero attached hydrogens (tertiary/aromatic N) is 1. The zero-order valence-corrected chi connectivity index (χ0v) is 8.66. The first kappa shape index (κ1) is 9.98. The molecule has 0 aromatic carbocycles. The number of hydrogen-bond acceptors (Lipinski definition) is 2. The van der Waals surface area contributed by atoms with Crippen LogP contribution in [0.4, 0.5) is 0 Å². The van der Waals surface area contributed by atoms with E-state index >= 15 is 0 Å². The van der Waals surface area contributed by atoms with Gasteiger partial charge in [0.2, 0.25) is 0 Å². The van der Waals surface area contributed by atoms with Crippen LogP contribution in [-0.2, 0) is 13.0 Å². The van der Waals surface area contributed by atoms with Gasteiger partial charge >= 0.3 is 0 Å². The Morgan fingerprint density at radius 1 is 1.33 bits per heavy atom. The first-order valence-corrected chi connectivity index (χ1v) is 5.26. The fourth-order valence-electron chi connectivity index (χ4n) is 1.52. The summed E-state index contributed by atoms with van der Waals surface area (Å²) in [6.07, 6.45) is 9.73. The van der Waals surface area contributed by atoms with Crippen molar-refractivity contribution in [1.82, 2.24) is 20.3 Å². The number of aromatic amines is 2. The molecule has 0 bridgehead atoms. The second-order valence-electron chi connectivity index (χ2n) is 3.54. The van der Waals surface area contributed by atoms with Crippen molar-refractivity contribution in [1.29, 1.82) is 0 Å². The van der Waals surface area contributed by atoms with Crippen LogP contribution in [0.15, 0.2) is 30.9 Å². The van der Waals surface area contributed by atoms with Crippen molar-refractivity contribution in [2.45, 2.75) is 19.4 Å². The Bertz CT molecular complexity index is 314. The van der Waals surface area contributed by atoms with Crippen molar-refractivity contribution in [3.05, 3.63) is 42.2 Å². The summed E-state index contributed by atoms with van der Waals surface area (Å²) in [5.41, 5.74) is 1.30. The normalized spacial score (nSPS) is 10.7. The Morgan fingerprint density at radius 2 is 2.33 bits per heavy atom. The first-order chi connectivity index (χ1) is 7.45. The van der Waals surface area contributed by atoms with Gasteiger partial charge in [-0.25, -0.2) is 4.98 Å². The van der Waals surface area contributed by atoms with Crippen molar-refractivity contribution in [3.63, 3.8) is 0 Å². The minimum absolute atomic E-state index is 0.932. The van der Waals surface area contributed by atoms with E-state index in [0.29, 0.717) is 0 Å². The number of aromatic nitrogens is 3. The summed E-state index contributed by atoms with van der Waals surface area (Å²) < 4.78 is 0. The van der Waals surface area contributed by atoms with Crippen LogP contribution in [0.5, 0.6) is 0 Å². The van der Waals surface area contributed by atoms with Crippen LogP contribution in [0, 0.1) is 0 Å². The summed E-state index contributed by atoms with van der Waals surface area (Å²) in [5, 5.41) is 3.39. The van der Waals surface area contributed by atoms with Crippen molar-refractivity contribution >= 4 is 0 Å². The SMILES string of the molecule is c1c[nH]c(CCCNCc2cc[nH]c2)n1. The summed E-state index contributed by atoms with van der Waals surface area (Å²) in [5.74, 6) is 1.07. The van der Waals surface area contributed by atoms with Crippen LogP contribution in [-0.4, -0.2) is 21.5 Å². The Hall–Kier alpha value is -1.55. The lowest BCUT2D eigenvalue weighted by atomic mass is 10.3. The molecule has 3 N–H and O–H groups in total. The molecule has 15 heavy (non-hydrogen) atoms. The number of nitrogens with one attached hydrogen (secondary N) is 3. The molecule has 80 valence electrons. The van der Waals surface area contributed by atoms with E-state index in [1.807, 2.05) is 18.6 Å². The Kier molecular flexibility index (Phi) is 3.57. The second kappa shape index (κ2) is 5.36. The molecule has 0 radical (unpaired) electrons. The van der Waals surface area contributed by atoms with Gasteiger partial charge in [-0.1, -0.05) is 0 Å². The molecule has 0 spiro atoms. The van der Waals surface area contributed by atoms with E-state index in [9.17, 15) is 0 Å². The van der Waals surface area contributed by atoms with Gasteiger partial charge in [0, 0.05) is 37.8 Å². The van der Waals surface area contributed by atoms with Crippen molar-refractivity contribution < 1.29 is 0 Å². The van der Waals surface area contributed by atoms with Gasteiger partial charge in [0.25, 0.3) is 0 Å². The zero-order valence-electron chi connectivity index (χ0n) is 8.66. The largest absolute Gasteiger partial charge is 0.367 e. The maximum Gasteiger partial charge on any atom is 0.106 e. The standard InChI is InChI=1S/C11H16N4/c1(2-11-14-6-7-15-11)4-12-8-10-3-5-13-9-10/h3,5-7,9,12-13H,1-2,4,8H2,(H,14,15). The van der Waals surface area contributed by atoms with E-state index in [-0.39, 0.29) is 0 Å². The molecule has 2 aromatic rings. The maximum absolute atomic E-state index is 4.18. The Labute approximate surface area is 89.1 Å². The molecule has 4 nitrogen and oxygen atoms in total. The summed E-state index contributed by atoms with van der Waals surface area (Å²) in [6, 6.07) is 2.08. The zero-order chi connectivity index (χ0) is 10.3. The third-order valence-electron chi connectivity index (χ3n) is 2.31. The molecule has 0 unspecified atom stereocenters. The van der Waals surface area contributed by atoms with Crippen LogP contribution in [0.25, 0.3) is 0 Å². The number of rotatable bonds is 6. The van der Waals surface area contributed by atoms with E-state index in [4.69, 9.17) is 0 Å². The van der Waals surface area contributed by atoms with Crippen molar-refractivity contribution in [2.24, 2.45) is 0 Å². The summed E-state index contributed by atoms with van der Waals surface area (Å²) in [6.45, 7) is 1.95. The van der Waals surface area contributed by atoms with Gasteiger partial charge in [-0.05, 0) is 24.6 Å². The topological polar surface area (TPSA) is 56.5 Å². The molecular formula is C11H16N4. The average molecular weight is 204 g/mol. The average Bonchev–Trinajstić information content (AvgIpc) is 2.88. The second-order valence-corrected chi connectivity index (χ2v) is 3.54. The van der Waals surface area contributed by atoms with E-state index in [1.165, 1.54) is 5.56 Å². The Morgan fingerprint density at radius 3 is 3.07 bits per heavy atom. The summed E-state index contributed by atoms with van der Waals surface area (Å²) >= 11 is 0. The van der Waals surface area contributed by atoms with Crippen LogP contribution < -0.4 is 5.32 Å². The highest BCUT2D eigenvalue weighted by molar-refractivity contribution is 5.07. The number of imidazole rings is 1. The molecule has 0 fully saturated rings. The molecule has 0 saturated carbocycles. The smallest absolute Gasteiger partial charge is 0.106 e. The molecule has 4 heteroatoms. The quantitative estimate of drug-likeness (QED) is 0.624. The number of H-pyrrole nitrogens is 2. The van der Waals surface area contributed by atoms with E-state index in [2.05, 4.69) is 26.3 Å². The lowest BCUT2D eigenvalue weighted by Crippen LogP contribution is -2.15. The fraction of sp³-hybridized carbons (Fsp3) is 0.364. The molecule has 0 aliphatic rings. The van der Waals surface area contributed by atoms with E-state index < -0.39 is 0 Å². The van der Waals surface area contributed by atoms with E-state index in [0.717, 1.165) is 31.8 Å². The van der Waals surface area contributed by atoms with Crippen LogP contribution in [0.2, 0.25) is 0 Å². The molecule has 2 rings (SSSR count). The van der Waals surface area contributed by atoms with Crippen LogP contribution in [0.1, 0.15) is 17.8 Å². The molecule has 0 saturated heterocycles. The molecule has 0 amide bonds. The minimum Gasteiger partial charge on any atom is -0.367 e. The number of hydrogen-bond donors (Lipinski definition) is 3. The summed E-state index contributed by atoms with van der Waals surface area (Å²) in [4.78, 5) is 10.3. The van der Waals surface area contributed by atoms with Crippen molar-refractivity contribution in [2.75, 3.05) is 6.54 Å². The monoisotopic (exact) mass is 204 g/mol. The van der Waals surface area contributed by atoms with Crippen LogP contribution in [0.3, 0.4) is 0 Å². The molecular weight excluding hydrogens is 188 g/mol. The summed E-state index contributed by atoms with van der Waals surface area (Å²) in [7, 11) is 0. The van der Waals surface area contributed by atoms with Gasteiger partial charge < -0.3 is 15.3 Å².